The zero-order valence-corrected chi connectivity index (χ0v) is 17.5. The lowest BCUT2D eigenvalue weighted by Crippen LogP contribution is -2.42. The van der Waals surface area contributed by atoms with Gasteiger partial charge in [0.05, 0.1) is 28.8 Å². The molecule has 1 aliphatic rings. The average molecular weight is 438 g/mol. The van der Waals surface area contributed by atoms with E-state index in [1.54, 1.807) is 12.1 Å². The van der Waals surface area contributed by atoms with Crippen LogP contribution in [0.4, 0.5) is 0 Å². The van der Waals surface area contributed by atoms with E-state index in [-0.39, 0.29) is 36.0 Å². The van der Waals surface area contributed by atoms with Gasteiger partial charge in [-0.05, 0) is 31.0 Å². The third-order valence-electron chi connectivity index (χ3n) is 5.43. The van der Waals surface area contributed by atoms with Crippen molar-refractivity contribution in [1.29, 1.82) is 0 Å². The molecule has 3 rings (SSSR count). The van der Waals surface area contributed by atoms with Crippen molar-refractivity contribution < 1.29 is 15.0 Å². The summed E-state index contributed by atoms with van der Waals surface area (Å²) in [6.07, 6.45) is 4.51. The molecule has 0 bridgehead atoms. The standard InChI is InChI=1S/C20H28ClN5O4/c21-16-6-5-13(17-24-19(29)26(25-17)11-14(27)10-22)9-15(16)18(28)23-12-20(30)7-3-1-2-4-8-20/h5-6,9,14,27,30H,1-4,7-8,10-12,22H2,(H,23,28)(H,24,25,29). The lowest BCUT2D eigenvalue weighted by Gasteiger charge is -2.26. The van der Waals surface area contributed by atoms with Crippen LogP contribution in [0.15, 0.2) is 23.0 Å². The van der Waals surface area contributed by atoms with Crippen molar-refractivity contribution in [2.45, 2.75) is 56.8 Å². The average Bonchev–Trinajstić information content (AvgIpc) is 2.94. The number of halogens is 1. The van der Waals surface area contributed by atoms with Gasteiger partial charge in [-0.2, -0.15) is 0 Å². The Labute approximate surface area is 179 Å². The van der Waals surface area contributed by atoms with E-state index in [1.165, 1.54) is 6.07 Å². The molecule has 0 aliphatic heterocycles. The second-order valence-corrected chi connectivity index (χ2v) is 8.27. The number of aliphatic hydroxyl groups is 2. The van der Waals surface area contributed by atoms with Crippen LogP contribution in [0.2, 0.25) is 5.02 Å². The number of nitrogens with one attached hydrogen (secondary N) is 2. The molecule has 1 heterocycles. The first-order chi connectivity index (χ1) is 14.3. The van der Waals surface area contributed by atoms with E-state index in [0.717, 1.165) is 30.4 Å². The molecule has 10 heteroatoms. The Balaban J connectivity index is 1.76. The molecule has 30 heavy (non-hydrogen) atoms. The molecule has 1 aromatic heterocycles. The van der Waals surface area contributed by atoms with Crippen molar-refractivity contribution in [1.82, 2.24) is 20.1 Å². The molecule has 1 aliphatic carbocycles. The summed E-state index contributed by atoms with van der Waals surface area (Å²) < 4.78 is 1.09. The number of aromatic amines is 1. The fourth-order valence-corrected chi connectivity index (χ4v) is 3.84. The minimum absolute atomic E-state index is 0.00620. The van der Waals surface area contributed by atoms with E-state index in [2.05, 4.69) is 15.4 Å². The number of aliphatic hydroxyl groups excluding tert-OH is 1. The molecule has 1 aromatic carbocycles. The van der Waals surface area contributed by atoms with Gasteiger partial charge in [0, 0.05) is 18.7 Å². The Morgan fingerprint density at radius 3 is 2.70 bits per heavy atom. The zero-order chi connectivity index (χ0) is 21.7. The van der Waals surface area contributed by atoms with Crippen LogP contribution >= 0.6 is 11.6 Å². The number of rotatable bonds is 7. The van der Waals surface area contributed by atoms with E-state index < -0.39 is 23.3 Å². The number of amides is 1. The number of carbonyl (C=O) groups excluding carboxylic acids is 1. The van der Waals surface area contributed by atoms with Crippen LogP contribution in [0, 0.1) is 0 Å². The molecule has 9 nitrogen and oxygen atoms in total. The van der Waals surface area contributed by atoms with Crippen LogP contribution in [-0.4, -0.2) is 55.7 Å². The fourth-order valence-electron chi connectivity index (χ4n) is 3.63. The highest BCUT2D eigenvalue weighted by atomic mass is 35.5. The molecule has 1 unspecified atom stereocenters. The van der Waals surface area contributed by atoms with E-state index in [1.807, 2.05) is 0 Å². The lowest BCUT2D eigenvalue weighted by atomic mass is 9.94. The Morgan fingerprint density at radius 2 is 2.03 bits per heavy atom. The van der Waals surface area contributed by atoms with E-state index in [4.69, 9.17) is 17.3 Å². The van der Waals surface area contributed by atoms with Crippen LogP contribution in [0.5, 0.6) is 0 Å². The topological polar surface area (TPSA) is 146 Å². The first-order valence-corrected chi connectivity index (χ1v) is 10.5. The van der Waals surface area contributed by atoms with Gasteiger partial charge in [0.15, 0.2) is 5.82 Å². The summed E-state index contributed by atoms with van der Waals surface area (Å²) in [7, 11) is 0. The normalized spacial score (nSPS) is 17.3. The monoisotopic (exact) mass is 437 g/mol. The molecule has 6 N–H and O–H groups in total. The number of carbonyl (C=O) groups is 1. The summed E-state index contributed by atoms with van der Waals surface area (Å²) >= 11 is 6.22. The van der Waals surface area contributed by atoms with Crippen molar-refractivity contribution in [2.24, 2.45) is 5.73 Å². The number of aromatic nitrogens is 3. The Morgan fingerprint density at radius 1 is 1.33 bits per heavy atom. The summed E-state index contributed by atoms with van der Waals surface area (Å²) in [5.41, 5.74) is 4.71. The first-order valence-electron chi connectivity index (χ1n) is 10.2. The van der Waals surface area contributed by atoms with Gasteiger partial charge in [0.2, 0.25) is 0 Å². The van der Waals surface area contributed by atoms with Crippen molar-refractivity contribution in [2.75, 3.05) is 13.1 Å². The molecule has 0 radical (unpaired) electrons. The van der Waals surface area contributed by atoms with Gasteiger partial charge in [0.1, 0.15) is 0 Å². The second-order valence-electron chi connectivity index (χ2n) is 7.87. The molecule has 0 spiro atoms. The maximum absolute atomic E-state index is 12.7. The van der Waals surface area contributed by atoms with E-state index in [9.17, 15) is 19.8 Å². The highest BCUT2D eigenvalue weighted by Crippen LogP contribution is 2.27. The predicted octanol–water partition coefficient (Wildman–Crippen LogP) is 1.03. The Bertz CT molecular complexity index is 934. The largest absolute Gasteiger partial charge is 0.390 e. The van der Waals surface area contributed by atoms with Gasteiger partial charge in [0.25, 0.3) is 5.91 Å². The number of nitrogens with two attached hydrogens (primary N) is 1. The molecule has 1 saturated carbocycles. The fraction of sp³-hybridized carbons (Fsp3) is 0.550. The smallest absolute Gasteiger partial charge is 0.343 e. The van der Waals surface area contributed by atoms with Crippen LogP contribution in [0.25, 0.3) is 11.4 Å². The van der Waals surface area contributed by atoms with E-state index in [0.29, 0.717) is 18.4 Å². The van der Waals surface area contributed by atoms with Gasteiger partial charge in [-0.1, -0.05) is 37.3 Å². The summed E-state index contributed by atoms with van der Waals surface area (Å²) in [6.45, 7) is 0.131. The van der Waals surface area contributed by atoms with Crippen molar-refractivity contribution in [3.8, 4) is 11.4 Å². The highest BCUT2D eigenvalue weighted by Gasteiger charge is 2.28. The maximum Gasteiger partial charge on any atom is 0.343 e. The SMILES string of the molecule is NCC(O)Cn1nc(-c2ccc(Cl)c(C(=O)NCC3(O)CCCCCC3)c2)[nH]c1=O. The predicted molar refractivity (Wildman–Crippen MR) is 113 cm³/mol. The maximum atomic E-state index is 12.7. The van der Waals surface area contributed by atoms with Crippen LogP contribution in [-0.2, 0) is 6.54 Å². The third kappa shape index (κ3) is 5.48. The van der Waals surface area contributed by atoms with Gasteiger partial charge in [-0.25, -0.2) is 9.48 Å². The molecular formula is C20H28ClN5O4. The summed E-state index contributed by atoms with van der Waals surface area (Å²) in [6, 6.07) is 4.73. The van der Waals surface area contributed by atoms with Gasteiger partial charge in [-0.3, -0.25) is 9.78 Å². The number of hydrogen-bond acceptors (Lipinski definition) is 6. The van der Waals surface area contributed by atoms with Gasteiger partial charge < -0.3 is 21.3 Å². The van der Waals surface area contributed by atoms with Crippen LogP contribution < -0.4 is 16.7 Å². The number of hydrogen-bond donors (Lipinski definition) is 5. The summed E-state index contributed by atoms with van der Waals surface area (Å²) in [5, 5.41) is 27.6. The first kappa shape index (κ1) is 22.5. The Kier molecular flexibility index (Phi) is 7.30. The lowest BCUT2D eigenvalue weighted by molar-refractivity contribution is 0.0246. The number of nitrogens with zero attached hydrogens (tertiary/aromatic N) is 2. The van der Waals surface area contributed by atoms with Crippen molar-refractivity contribution in [3.05, 3.63) is 39.3 Å². The summed E-state index contributed by atoms with van der Waals surface area (Å²) in [5.74, 6) is -0.155. The van der Waals surface area contributed by atoms with Crippen molar-refractivity contribution >= 4 is 17.5 Å². The molecule has 1 amide bonds. The quantitative estimate of drug-likeness (QED) is 0.409. The second kappa shape index (κ2) is 9.74. The highest BCUT2D eigenvalue weighted by molar-refractivity contribution is 6.34. The minimum atomic E-state index is -0.899. The summed E-state index contributed by atoms with van der Waals surface area (Å²) in [4.78, 5) is 27.4. The van der Waals surface area contributed by atoms with Gasteiger partial charge in [-0.15, -0.1) is 5.10 Å². The van der Waals surface area contributed by atoms with Crippen molar-refractivity contribution in [3.63, 3.8) is 0 Å². The number of H-pyrrole nitrogens is 1. The van der Waals surface area contributed by atoms with Crippen LogP contribution in [0.3, 0.4) is 0 Å². The molecule has 0 saturated heterocycles. The third-order valence-corrected chi connectivity index (χ3v) is 5.76. The Hall–Kier alpha value is -2.20. The molecule has 2 aromatic rings. The molecule has 164 valence electrons. The zero-order valence-electron chi connectivity index (χ0n) is 16.7. The molecule has 1 atom stereocenters. The number of benzene rings is 1. The van der Waals surface area contributed by atoms with Crippen LogP contribution in [0.1, 0.15) is 48.9 Å². The van der Waals surface area contributed by atoms with E-state index >= 15 is 0 Å². The molecular weight excluding hydrogens is 410 g/mol. The van der Waals surface area contributed by atoms with Gasteiger partial charge >= 0.3 is 5.69 Å². The minimum Gasteiger partial charge on any atom is -0.390 e. The molecule has 1 fully saturated rings.